The van der Waals surface area contributed by atoms with E-state index in [4.69, 9.17) is 0 Å². The minimum Gasteiger partial charge on any atom is -1.00 e. The van der Waals surface area contributed by atoms with Gasteiger partial charge in [-0.15, -0.1) is 0 Å². The molecule has 6 heteroatoms. The maximum Gasteiger partial charge on any atom is 0.370 e. The molecule has 0 amide bonds. The van der Waals surface area contributed by atoms with Crippen molar-refractivity contribution < 1.29 is 61.8 Å². The van der Waals surface area contributed by atoms with Crippen molar-refractivity contribution >= 4 is 5.97 Å². The van der Waals surface area contributed by atoms with E-state index >= 15 is 0 Å². The normalized spacial score (nSPS) is 9.18. The first-order chi connectivity index (χ1) is 4.22. The fraction of sp³-hybridized carbons (Fsp3) is 0.400. The molecule has 1 radical (unpaired) electrons. The molecule has 0 N–H and O–H groups in total. The van der Waals surface area contributed by atoms with Gasteiger partial charge in [0.15, 0.2) is 0 Å². The first-order valence-electron chi connectivity index (χ1n) is 2.28. The van der Waals surface area contributed by atoms with Crippen molar-refractivity contribution in [3.63, 3.8) is 0 Å². The predicted octanol–water partition coefficient (Wildman–Crippen LogP) is -1.87. The largest absolute Gasteiger partial charge is 1.00 e. The van der Waals surface area contributed by atoms with Crippen LogP contribution in [0.25, 0.3) is 0 Å². The second-order valence-electron chi connectivity index (χ2n) is 1.13. The molecule has 11 heavy (non-hydrogen) atoms. The molecule has 61 valence electrons. The molecule has 0 rings (SSSR count). The first kappa shape index (κ1) is 17.5. The van der Waals surface area contributed by atoms with E-state index in [1.807, 2.05) is 0 Å². The van der Waals surface area contributed by atoms with Gasteiger partial charge in [0, 0.05) is 19.5 Å². The van der Waals surface area contributed by atoms with Crippen molar-refractivity contribution in [2.45, 2.75) is 6.92 Å². The summed E-state index contributed by atoms with van der Waals surface area (Å²) in [6.45, 7) is 1.51. The maximum atomic E-state index is 11.7. The van der Waals surface area contributed by atoms with Crippen molar-refractivity contribution in [1.82, 2.24) is 0 Å². The number of ether oxygens (including phenoxy) is 1. The summed E-state index contributed by atoms with van der Waals surface area (Å²) in [5, 5.41) is 0. The van der Waals surface area contributed by atoms with Gasteiger partial charge in [0.05, 0.1) is 6.61 Å². The Hall–Kier alpha value is 0.423. The van der Waals surface area contributed by atoms with E-state index in [-0.39, 0.29) is 50.1 Å². The summed E-state index contributed by atoms with van der Waals surface area (Å²) >= 11 is 0. The van der Waals surface area contributed by atoms with Crippen LogP contribution in [0, 0.1) is 6.33 Å². The summed E-state index contributed by atoms with van der Waals surface area (Å²) in [7, 11) is 0. The molecule has 0 saturated carbocycles. The van der Waals surface area contributed by atoms with Gasteiger partial charge in [-0.1, -0.05) is 0 Å². The van der Waals surface area contributed by atoms with Crippen LogP contribution in [-0.2, 0) is 29.0 Å². The number of rotatable bonds is 2. The van der Waals surface area contributed by atoms with Crippen molar-refractivity contribution in [2.75, 3.05) is 6.61 Å². The van der Waals surface area contributed by atoms with Gasteiger partial charge in [-0.05, 0) is 6.92 Å². The Labute approximate surface area is 93.1 Å². The molecule has 0 aromatic carbocycles. The Balaban J connectivity index is -0.000000320. The quantitative estimate of drug-likeness (QED) is 0.257. The Morgan fingerprint density at radius 2 is 2.09 bits per heavy atom. The summed E-state index contributed by atoms with van der Waals surface area (Å²) < 4.78 is 26.7. The minimum absolute atomic E-state index is 0. The average molecular weight is 327 g/mol. The van der Waals surface area contributed by atoms with Gasteiger partial charge in [0.25, 0.3) is 0 Å². The summed E-state index contributed by atoms with van der Waals surface area (Å²) in [4.78, 5) is 10.0. The molecule has 0 aliphatic rings. The topological polar surface area (TPSA) is 26.3 Å². The van der Waals surface area contributed by atoms with E-state index in [1.54, 1.807) is 0 Å². The monoisotopic (exact) mass is 326 g/mol. The fourth-order valence-corrected chi connectivity index (χ4v) is 0.233. The van der Waals surface area contributed by atoms with Crippen molar-refractivity contribution in [1.29, 1.82) is 0 Å². The molecule has 0 saturated heterocycles. The molecule has 0 atom stereocenters. The van der Waals surface area contributed by atoms with Gasteiger partial charge in [-0.2, -0.15) is 4.39 Å². The SMILES string of the molecule is CCOC(=O)C(F)=[C]F.[I-].[Zn]. The van der Waals surface area contributed by atoms with Crippen LogP contribution in [0.1, 0.15) is 6.92 Å². The summed E-state index contributed by atoms with van der Waals surface area (Å²) in [5.41, 5.74) is 0. The van der Waals surface area contributed by atoms with E-state index in [0.717, 1.165) is 0 Å². The van der Waals surface area contributed by atoms with Crippen LogP contribution in [0.5, 0.6) is 0 Å². The first-order valence-corrected chi connectivity index (χ1v) is 2.28. The molecule has 0 unspecified atom stereocenters. The molecule has 0 aliphatic heterocycles. The van der Waals surface area contributed by atoms with Gasteiger partial charge in [0.2, 0.25) is 12.2 Å². The number of esters is 1. The third-order valence-corrected chi connectivity index (χ3v) is 0.538. The second kappa shape index (κ2) is 10.4. The third kappa shape index (κ3) is 8.33. The Morgan fingerprint density at radius 3 is 2.36 bits per heavy atom. The number of carbonyl (C=O) groups is 1. The van der Waals surface area contributed by atoms with Crippen LogP contribution in [-0.4, -0.2) is 12.6 Å². The van der Waals surface area contributed by atoms with Gasteiger partial charge >= 0.3 is 5.97 Å². The van der Waals surface area contributed by atoms with E-state index in [0.29, 0.717) is 6.33 Å². The molecule has 0 aromatic rings. The Morgan fingerprint density at radius 1 is 1.64 bits per heavy atom. The van der Waals surface area contributed by atoms with Crippen LogP contribution in [0.4, 0.5) is 8.78 Å². The summed E-state index contributed by atoms with van der Waals surface area (Å²) in [6, 6.07) is 0. The van der Waals surface area contributed by atoms with Crippen LogP contribution in [0.3, 0.4) is 0 Å². The molecule has 0 aromatic heterocycles. The van der Waals surface area contributed by atoms with Crippen molar-refractivity contribution in [2.24, 2.45) is 0 Å². The molecule has 0 spiro atoms. The van der Waals surface area contributed by atoms with Crippen LogP contribution < -0.4 is 24.0 Å². The number of carbonyl (C=O) groups excluding carboxylic acids is 1. The smallest absolute Gasteiger partial charge is 0.370 e. The van der Waals surface area contributed by atoms with Gasteiger partial charge in [0.1, 0.15) is 0 Å². The van der Waals surface area contributed by atoms with Crippen molar-refractivity contribution in [3.05, 3.63) is 12.2 Å². The van der Waals surface area contributed by atoms with Gasteiger partial charge in [-0.25, -0.2) is 9.18 Å². The fourth-order valence-electron chi connectivity index (χ4n) is 0.233. The van der Waals surface area contributed by atoms with E-state index in [9.17, 15) is 13.6 Å². The maximum absolute atomic E-state index is 11.7. The number of halogens is 3. The summed E-state index contributed by atoms with van der Waals surface area (Å²) in [6.07, 6.45) is 0.525. The Kier molecular flexibility index (Phi) is 16.6. The zero-order valence-electron chi connectivity index (χ0n) is 5.86. The van der Waals surface area contributed by atoms with Gasteiger partial charge < -0.3 is 28.7 Å². The second-order valence-corrected chi connectivity index (χ2v) is 1.13. The standard InChI is InChI=1S/C5H5F2O2.HI.Zn/c1-2-9-5(8)4(7)3-6;;/h2H2,1H3;1H;/p-1. The van der Waals surface area contributed by atoms with Crippen LogP contribution in [0.2, 0.25) is 0 Å². The van der Waals surface area contributed by atoms with Crippen molar-refractivity contribution in [3.8, 4) is 0 Å². The minimum atomic E-state index is -1.63. The molecule has 0 bridgehead atoms. The molecule has 2 nitrogen and oxygen atoms in total. The predicted molar refractivity (Wildman–Crippen MR) is 25.6 cm³/mol. The van der Waals surface area contributed by atoms with Crippen LogP contribution >= 0.6 is 0 Å². The molecule has 0 heterocycles. The average Bonchev–Trinajstić information content (AvgIpc) is 1.87. The Bertz CT molecular complexity index is 140. The molecular formula is C5H5F2IO2Zn-. The molecule has 0 aliphatic carbocycles. The van der Waals surface area contributed by atoms with Gasteiger partial charge in [-0.3, -0.25) is 0 Å². The molecular weight excluding hydrogens is 322 g/mol. The molecule has 0 fully saturated rings. The zero-order valence-corrected chi connectivity index (χ0v) is 11.0. The van der Waals surface area contributed by atoms with E-state index in [2.05, 4.69) is 4.74 Å². The van der Waals surface area contributed by atoms with Crippen LogP contribution in [0.15, 0.2) is 5.83 Å². The summed E-state index contributed by atoms with van der Waals surface area (Å²) in [5.74, 6) is -2.95. The number of hydrogen-bond donors (Lipinski definition) is 0. The number of hydrogen-bond acceptors (Lipinski definition) is 2. The van der Waals surface area contributed by atoms with E-state index < -0.39 is 11.8 Å². The zero-order chi connectivity index (χ0) is 7.28. The third-order valence-electron chi connectivity index (χ3n) is 0.538. The van der Waals surface area contributed by atoms with E-state index in [1.165, 1.54) is 6.92 Å².